The van der Waals surface area contributed by atoms with Crippen LogP contribution in [-0.2, 0) is 9.68 Å². The molecule has 0 aliphatic heterocycles. The second-order valence-electron chi connectivity index (χ2n) is 7.37. The van der Waals surface area contributed by atoms with E-state index in [4.69, 9.17) is 27.0 Å². The van der Waals surface area contributed by atoms with E-state index in [1.165, 1.54) is 0 Å². The van der Waals surface area contributed by atoms with Crippen molar-refractivity contribution in [2.45, 2.75) is 27.7 Å². The van der Waals surface area contributed by atoms with Gasteiger partial charge in [-0.2, -0.15) is 28.6 Å². The average Bonchev–Trinajstić information content (AvgIpc) is 2.94. The second kappa shape index (κ2) is 25.0. The normalized spacial score (nSPS) is 11.2. The number of nitrogens with two attached hydrogens (primary N) is 3. The Hall–Kier alpha value is -3.26. The first-order chi connectivity index (χ1) is 18.9. The molecule has 0 unspecified atom stereocenters. The number of hydroxylamine groups is 2. The highest BCUT2D eigenvalue weighted by Gasteiger charge is 1.93. The monoisotopic (exact) mass is 578 g/mol. The quantitative estimate of drug-likeness (QED) is 0.0593. The number of hydrogen-bond donors (Lipinski definition) is 5. The van der Waals surface area contributed by atoms with Crippen LogP contribution in [-0.4, -0.2) is 60.6 Å². The highest BCUT2D eigenvalue weighted by atomic mass is 32.2. The number of hydrazone groups is 1. The van der Waals surface area contributed by atoms with Gasteiger partial charge in [-0.3, -0.25) is 14.5 Å². The standard InChI is InChI=1S/C13H20N4OS.C8H8O.C5H14N4OS/c1-3-19-9-8-18-17-13(14)16-15-10-12-7-5-4-6-11(12)2;1-7-4-2-3-5-8(7)6-9;1-2-11-4-3-10-9-5(6)8-7/h4-7,10H,3,8-9H2,1-2H3,(H3,14,16,17);2-6H,1H3;2-4,7H2,1H3,(H3,6,8,9)/b15-10+;;. The molecule has 0 fully saturated rings. The summed E-state index contributed by atoms with van der Waals surface area (Å²) in [6.45, 7) is 9.30. The van der Waals surface area contributed by atoms with Crippen LogP contribution in [0.2, 0.25) is 0 Å². The molecule has 216 valence electrons. The summed E-state index contributed by atoms with van der Waals surface area (Å²) in [5, 5.41) is 10.9. The smallest absolute Gasteiger partial charge is 0.237 e. The summed E-state index contributed by atoms with van der Waals surface area (Å²) in [7, 11) is 0. The minimum Gasteiger partial charge on any atom is -0.367 e. The third kappa shape index (κ3) is 20.4. The topological polar surface area (TPSA) is 175 Å². The van der Waals surface area contributed by atoms with E-state index in [1.807, 2.05) is 62.4 Å². The molecule has 0 bridgehead atoms. The van der Waals surface area contributed by atoms with Gasteiger partial charge < -0.3 is 17.3 Å². The van der Waals surface area contributed by atoms with Crippen LogP contribution < -0.4 is 28.3 Å². The lowest BCUT2D eigenvalue weighted by Crippen LogP contribution is -2.33. The summed E-state index contributed by atoms with van der Waals surface area (Å²) in [4.78, 5) is 20.2. The molecule has 0 aliphatic carbocycles. The second-order valence-corrected chi connectivity index (χ2v) is 10.2. The lowest BCUT2D eigenvalue weighted by atomic mass is 10.1. The van der Waals surface area contributed by atoms with Gasteiger partial charge in [-0.1, -0.05) is 62.4 Å². The summed E-state index contributed by atoms with van der Waals surface area (Å²) >= 11 is 3.59. The van der Waals surface area contributed by atoms with Crippen molar-refractivity contribution in [3.05, 3.63) is 70.8 Å². The lowest BCUT2D eigenvalue weighted by Gasteiger charge is -2.03. The van der Waals surface area contributed by atoms with E-state index >= 15 is 0 Å². The number of thioether (sulfide) groups is 2. The Morgan fingerprint density at radius 2 is 1.33 bits per heavy atom. The van der Waals surface area contributed by atoms with Gasteiger partial charge in [-0.05, 0) is 42.0 Å². The third-order valence-corrected chi connectivity index (χ3v) is 6.15. The van der Waals surface area contributed by atoms with Gasteiger partial charge in [0.2, 0.25) is 11.9 Å². The van der Waals surface area contributed by atoms with Crippen LogP contribution in [0.4, 0.5) is 0 Å². The minimum absolute atomic E-state index is 0.0894. The number of hydrogen-bond acceptors (Lipinski definition) is 9. The number of benzene rings is 2. The highest BCUT2D eigenvalue weighted by molar-refractivity contribution is 7.99. The SMILES string of the molecule is CCSCCONC(N)=N/N=C/c1ccccc1C.CCSCCONC(N)=NN.Cc1ccccc1C=O. The predicted octanol–water partition coefficient (Wildman–Crippen LogP) is 3.17. The van der Waals surface area contributed by atoms with E-state index in [0.717, 1.165) is 51.6 Å². The largest absolute Gasteiger partial charge is 0.367 e. The molecular weight excluding hydrogens is 536 g/mol. The molecule has 0 atom stereocenters. The Morgan fingerprint density at radius 3 is 1.77 bits per heavy atom. The Bertz CT molecular complexity index is 1010. The fraction of sp³-hybridized carbons (Fsp3) is 0.385. The molecule has 0 saturated heterocycles. The van der Waals surface area contributed by atoms with Crippen LogP contribution >= 0.6 is 23.5 Å². The maximum Gasteiger partial charge on any atom is 0.237 e. The molecule has 0 radical (unpaired) electrons. The van der Waals surface area contributed by atoms with Crippen LogP contribution in [0.5, 0.6) is 0 Å². The number of nitrogens with zero attached hydrogens (tertiary/aromatic N) is 3. The molecule has 13 heteroatoms. The van der Waals surface area contributed by atoms with Gasteiger partial charge in [0.15, 0.2) is 0 Å². The Balaban J connectivity index is 0.000000611. The summed E-state index contributed by atoms with van der Waals surface area (Å²) in [5.74, 6) is 9.08. The number of nitrogens with one attached hydrogen (secondary N) is 2. The van der Waals surface area contributed by atoms with Gasteiger partial charge in [-0.25, -0.2) is 11.0 Å². The summed E-state index contributed by atoms with van der Waals surface area (Å²) in [5.41, 5.74) is 19.6. The van der Waals surface area contributed by atoms with Crippen molar-refractivity contribution < 1.29 is 14.5 Å². The van der Waals surface area contributed by atoms with E-state index < -0.39 is 0 Å². The van der Waals surface area contributed by atoms with Gasteiger partial charge in [0.25, 0.3) is 0 Å². The van der Waals surface area contributed by atoms with Gasteiger partial charge in [-0.15, -0.1) is 10.2 Å². The fourth-order valence-corrected chi connectivity index (χ4v) is 3.37. The molecular formula is C26H42N8O3S2. The van der Waals surface area contributed by atoms with E-state index in [2.05, 4.69) is 40.1 Å². The molecule has 0 spiro atoms. The highest BCUT2D eigenvalue weighted by Crippen LogP contribution is 2.04. The predicted molar refractivity (Wildman–Crippen MR) is 167 cm³/mol. The first-order valence-electron chi connectivity index (χ1n) is 12.3. The number of carbonyl (C=O) groups is 1. The van der Waals surface area contributed by atoms with E-state index in [1.54, 1.807) is 29.7 Å². The first-order valence-corrected chi connectivity index (χ1v) is 14.6. The van der Waals surface area contributed by atoms with Crippen molar-refractivity contribution in [3.8, 4) is 0 Å². The molecule has 0 aliphatic rings. The van der Waals surface area contributed by atoms with Crippen molar-refractivity contribution in [3.63, 3.8) is 0 Å². The summed E-state index contributed by atoms with van der Waals surface area (Å²) < 4.78 is 0. The fourth-order valence-electron chi connectivity index (χ4n) is 2.39. The number of rotatable bonds is 13. The van der Waals surface area contributed by atoms with E-state index in [0.29, 0.717) is 13.2 Å². The molecule has 0 amide bonds. The molecule has 2 rings (SSSR count). The maximum absolute atomic E-state index is 10.2. The van der Waals surface area contributed by atoms with Crippen molar-refractivity contribution in [2.24, 2.45) is 32.6 Å². The van der Waals surface area contributed by atoms with Crippen molar-refractivity contribution >= 4 is 47.9 Å². The van der Waals surface area contributed by atoms with Gasteiger partial charge in [0.1, 0.15) is 6.29 Å². The van der Waals surface area contributed by atoms with Crippen molar-refractivity contribution in [1.82, 2.24) is 11.0 Å². The van der Waals surface area contributed by atoms with Crippen LogP contribution in [0.15, 0.2) is 63.8 Å². The van der Waals surface area contributed by atoms with E-state index in [9.17, 15) is 4.79 Å². The van der Waals surface area contributed by atoms with E-state index in [-0.39, 0.29) is 11.9 Å². The number of carbonyl (C=O) groups excluding carboxylic acids is 1. The molecule has 8 N–H and O–H groups in total. The van der Waals surface area contributed by atoms with Crippen molar-refractivity contribution in [1.29, 1.82) is 0 Å². The molecule has 0 aromatic heterocycles. The van der Waals surface area contributed by atoms with Crippen molar-refractivity contribution in [2.75, 3.05) is 36.2 Å². The minimum atomic E-state index is 0.0894. The zero-order valence-corrected chi connectivity index (χ0v) is 24.8. The van der Waals surface area contributed by atoms with Crippen LogP contribution in [0.25, 0.3) is 0 Å². The summed E-state index contributed by atoms with van der Waals surface area (Å²) in [6.07, 6.45) is 2.53. The van der Waals surface area contributed by atoms with Gasteiger partial charge in [0.05, 0.1) is 19.4 Å². The Labute approximate surface area is 240 Å². The molecule has 39 heavy (non-hydrogen) atoms. The molecule has 2 aromatic carbocycles. The van der Waals surface area contributed by atoms with Crippen LogP contribution in [0.3, 0.4) is 0 Å². The average molecular weight is 579 g/mol. The zero-order chi connectivity index (χ0) is 29.1. The third-order valence-electron chi connectivity index (χ3n) is 4.43. The number of guanidine groups is 2. The molecule has 0 heterocycles. The van der Waals surface area contributed by atoms with Gasteiger partial charge in [0, 0.05) is 17.1 Å². The van der Waals surface area contributed by atoms with Gasteiger partial charge >= 0.3 is 0 Å². The Kier molecular flexibility index (Phi) is 22.9. The zero-order valence-electron chi connectivity index (χ0n) is 23.1. The lowest BCUT2D eigenvalue weighted by molar-refractivity contribution is 0.0980. The Morgan fingerprint density at radius 1 is 0.846 bits per heavy atom. The molecule has 0 saturated carbocycles. The first kappa shape index (κ1) is 35.7. The number of aryl methyl sites for hydroxylation is 2. The molecule has 2 aromatic rings. The maximum atomic E-state index is 10.2. The summed E-state index contributed by atoms with van der Waals surface area (Å²) in [6, 6.07) is 15.4. The van der Waals surface area contributed by atoms with Crippen LogP contribution in [0, 0.1) is 13.8 Å². The van der Waals surface area contributed by atoms with Crippen LogP contribution in [0.1, 0.15) is 40.9 Å². The molecule has 11 nitrogen and oxygen atoms in total. The number of aldehydes is 1.